The summed E-state index contributed by atoms with van der Waals surface area (Å²) in [6, 6.07) is 10.6. The molecule has 1 aromatic rings. The van der Waals surface area contributed by atoms with E-state index in [2.05, 4.69) is 44.2 Å². The number of ether oxygens (including phenoxy) is 2. The molecule has 0 spiro atoms. The van der Waals surface area contributed by atoms with Gasteiger partial charge in [0.25, 0.3) is 0 Å². The van der Waals surface area contributed by atoms with Crippen molar-refractivity contribution < 1.29 is 9.47 Å². The highest BCUT2D eigenvalue weighted by Crippen LogP contribution is 2.28. The van der Waals surface area contributed by atoms with Crippen LogP contribution in [0, 0.1) is 0 Å². The Labute approximate surface area is 143 Å². The van der Waals surface area contributed by atoms with Crippen molar-refractivity contribution in [1.82, 2.24) is 0 Å². The Balaban J connectivity index is 2.43. The van der Waals surface area contributed by atoms with Gasteiger partial charge in [0.05, 0.1) is 11.7 Å². The van der Waals surface area contributed by atoms with Crippen LogP contribution in [-0.4, -0.2) is 25.9 Å². The molecule has 0 saturated heterocycles. The molecule has 0 saturated carbocycles. The average molecular weight is 321 g/mol. The zero-order valence-electron chi connectivity index (χ0n) is 15.6. The van der Waals surface area contributed by atoms with Crippen LogP contribution < -0.4 is 0 Å². The molecule has 23 heavy (non-hydrogen) atoms. The monoisotopic (exact) mass is 320 g/mol. The zero-order chi connectivity index (χ0) is 17.0. The van der Waals surface area contributed by atoms with Gasteiger partial charge in [0.2, 0.25) is 0 Å². The lowest BCUT2D eigenvalue weighted by Gasteiger charge is -2.36. The van der Waals surface area contributed by atoms with Crippen LogP contribution in [-0.2, 0) is 15.9 Å². The molecule has 1 aromatic carbocycles. The third-order valence-corrected chi connectivity index (χ3v) is 5.00. The Morgan fingerprint density at radius 1 is 0.957 bits per heavy atom. The summed E-state index contributed by atoms with van der Waals surface area (Å²) in [6.45, 7) is 4.46. The summed E-state index contributed by atoms with van der Waals surface area (Å²) in [5, 5.41) is 0. The van der Waals surface area contributed by atoms with Crippen molar-refractivity contribution in [2.24, 2.45) is 0 Å². The molecule has 0 aliphatic carbocycles. The van der Waals surface area contributed by atoms with E-state index < -0.39 is 0 Å². The number of hydrogen-bond acceptors (Lipinski definition) is 2. The minimum absolute atomic E-state index is 0.169. The van der Waals surface area contributed by atoms with Crippen LogP contribution >= 0.6 is 0 Å². The first kappa shape index (κ1) is 20.2. The predicted octanol–water partition coefficient (Wildman–Crippen LogP) is 5.79. The standard InChI is InChI=1S/C21H36O2/c1-5-6-7-8-9-13-16-20(22-3)21(2,23-4)18-17-19-14-11-10-12-15-19/h10-12,14-15,20H,5-9,13,16-18H2,1-4H3. The summed E-state index contributed by atoms with van der Waals surface area (Å²) in [4.78, 5) is 0. The lowest BCUT2D eigenvalue weighted by molar-refractivity contribution is -0.113. The second-order valence-corrected chi connectivity index (χ2v) is 6.78. The molecule has 132 valence electrons. The summed E-state index contributed by atoms with van der Waals surface area (Å²) in [5.74, 6) is 0. The van der Waals surface area contributed by atoms with Crippen LogP contribution in [0.2, 0.25) is 0 Å². The highest BCUT2D eigenvalue weighted by Gasteiger charge is 2.33. The van der Waals surface area contributed by atoms with Gasteiger partial charge < -0.3 is 9.47 Å². The molecule has 0 aliphatic heterocycles. The van der Waals surface area contributed by atoms with Crippen molar-refractivity contribution in [3.63, 3.8) is 0 Å². The third-order valence-electron chi connectivity index (χ3n) is 5.00. The summed E-state index contributed by atoms with van der Waals surface area (Å²) in [5.41, 5.74) is 1.15. The molecule has 2 nitrogen and oxygen atoms in total. The zero-order valence-corrected chi connectivity index (χ0v) is 15.6. The summed E-state index contributed by atoms with van der Waals surface area (Å²) >= 11 is 0. The van der Waals surface area contributed by atoms with Crippen molar-refractivity contribution in [2.45, 2.75) is 83.3 Å². The van der Waals surface area contributed by atoms with Crippen molar-refractivity contribution in [2.75, 3.05) is 14.2 Å². The molecule has 2 unspecified atom stereocenters. The van der Waals surface area contributed by atoms with Gasteiger partial charge in [0, 0.05) is 14.2 Å². The van der Waals surface area contributed by atoms with Crippen molar-refractivity contribution in [3.05, 3.63) is 35.9 Å². The fourth-order valence-corrected chi connectivity index (χ4v) is 3.21. The smallest absolute Gasteiger partial charge is 0.0914 e. The van der Waals surface area contributed by atoms with Crippen molar-refractivity contribution >= 4 is 0 Å². The van der Waals surface area contributed by atoms with Gasteiger partial charge >= 0.3 is 0 Å². The number of hydrogen-bond donors (Lipinski definition) is 0. The largest absolute Gasteiger partial charge is 0.378 e. The molecule has 0 heterocycles. The van der Waals surface area contributed by atoms with Gasteiger partial charge in [0.1, 0.15) is 0 Å². The summed E-state index contributed by atoms with van der Waals surface area (Å²) < 4.78 is 11.7. The van der Waals surface area contributed by atoms with Crippen LogP contribution in [0.15, 0.2) is 30.3 Å². The highest BCUT2D eigenvalue weighted by atomic mass is 16.5. The number of aryl methyl sites for hydroxylation is 1. The minimum Gasteiger partial charge on any atom is -0.378 e. The Kier molecular flexibility index (Phi) is 10.2. The highest BCUT2D eigenvalue weighted by molar-refractivity contribution is 5.15. The lowest BCUT2D eigenvalue weighted by Crippen LogP contribution is -2.43. The van der Waals surface area contributed by atoms with Gasteiger partial charge in [-0.25, -0.2) is 0 Å². The fourth-order valence-electron chi connectivity index (χ4n) is 3.21. The van der Waals surface area contributed by atoms with Gasteiger partial charge in [-0.05, 0) is 31.7 Å². The first-order valence-electron chi connectivity index (χ1n) is 9.28. The van der Waals surface area contributed by atoms with Gasteiger partial charge in [-0.2, -0.15) is 0 Å². The van der Waals surface area contributed by atoms with E-state index in [9.17, 15) is 0 Å². The Bertz CT molecular complexity index is 390. The van der Waals surface area contributed by atoms with Crippen LogP contribution in [0.25, 0.3) is 0 Å². The molecule has 2 heteroatoms. The topological polar surface area (TPSA) is 18.5 Å². The van der Waals surface area contributed by atoms with E-state index in [0.29, 0.717) is 0 Å². The molecule has 0 aromatic heterocycles. The van der Waals surface area contributed by atoms with Crippen molar-refractivity contribution in [3.8, 4) is 0 Å². The van der Waals surface area contributed by atoms with E-state index in [1.54, 1.807) is 0 Å². The maximum absolute atomic E-state index is 5.88. The lowest BCUT2D eigenvalue weighted by atomic mass is 9.88. The predicted molar refractivity (Wildman–Crippen MR) is 99.0 cm³/mol. The van der Waals surface area contributed by atoms with Gasteiger partial charge in [-0.1, -0.05) is 75.8 Å². The molecule has 0 amide bonds. The van der Waals surface area contributed by atoms with Crippen LogP contribution in [0.4, 0.5) is 0 Å². The SMILES string of the molecule is CCCCCCCCC(OC)C(C)(CCc1ccccc1)OC. The molecule has 0 fully saturated rings. The minimum atomic E-state index is -0.214. The maximum atomic E-state index is 5.88. The van der Waals surface area contributed by atoms with Gasteiger partial charge in [-0.15, -0.1) is 0 Å². The van der Waals surface area contributed by atoms with E-state index in [-0.39, 0.29) is 11.7 Å². The van der Waals surface area contributed by atoms with E-state index >= 15 is 0 Å². The van der Waals surface area contributed by atoms with Crippen LogP contribution in [0.1, 0.15) is 70.8 Å². The first-order chi connectivity index (χ1) is 11.2. The van der Waals surface area contributed by atoms with E-state index in [1.807, 2.05) is 14.2 Å². The number of unbranched alkanes of at least 4 members (excludes halogenated alkanes) is 5. The third kappa shape index (κ3) is 7.50. The number of benzene rings is 1. The van der Waals surface area contributed by atoms with E-state index in [0.717, 1.165) is 19.3 Å². The normalized spacial score (nSPS) is 15.3. The fraction of sp³-hybridized carbons (Fsp3) is 0.714. The van der Waals surface area contributed by atoms with Gasteiger partial charge in [0.15, 0.2) is 0 Å². The summed E-state index contributed by atoms with van der Waals surface area (Å²) in [6.07, 6.45) is 11.2. The second kappa shape index (κ2) is 11.6. The maximum Gasteiger partial charge on any atom is 0.0914 e. The van der Waals surface area contributed by atoms with E-state index in [4.69, 9.17) is 9.47 Å². The molecule has 0 aliphatic rings. The quantitative estimate of drug-likeness (QED) is 0.428. The molecular formula is C21H36O2. The molecule has 0 N–H and O–H groups in total. The average Bonchev–Trinajstić information content (AvgIpc) is 2.60. The number of rotatable bonds is 13. The Morgan fingerprint density at radius 3 is 2.22 bits per heavy atom. The first-order valence-corrected chi connectivity index (χ1v) is 9.28. The molecule has 1 rings (SSSR count). The van der Waals surface area contributed by atoms with Crippen molar-refractivity contribution in [1.29, 1.82) is 0 Å². The summed E-state index contributed by atoms with van der Waals surface area (Å²) in [7, 11) is 3.64. The number of methoxy groups -OCH3 is 2. The Morgan fingerprint density at radius 2 is 1.61 bits per heavy atom. The van der Waals surface area contributed by atoms with Gasteiger partial charge in [-0.3, -0.25) is 0 Å². The molecular weight excluding hydrogens is 284 g/mol. The molecule has 0 radical (unpaired) electrons. The van der Waals surface area contributed by atoms with E-state index in [1.165, 1.54) is 44.1 Å². The Hall–Kier alpha value is -0.860. The molecule has 2 atom stereocenters. The second-order valence-electron chi connectivity index (χ2n) is 6.78. The molecule has 0 bridgehead atoms. The van der Waals surface area contributed by atoms with Crippen LogP contribution in [0.3, 0.4) is 0 Å². The van der Waals surface area contributed by atoms with Crippen LogP contribution in [0.5, 0.6) is 0 Å².